The molecule has 0 amide bonds. The van der Waals surface area contributed by atoms with Gasteiger partial charge >= 0.3 is 0 Å². The molecule has 2 atom stereocenters. The zero-order chi connectivity index (χ0) is 11.2. The Bertz CT molecular complexity index is 191. The molecular weight excluding hydrogens is 228 g/mol. The van der Waals surface area contributed by atoms with Crippen LogP contribution >= 0.6 is 11.6 Å². The molecular formula is C12H21ClO3. The summed E-state index contributed by atoms with van der Waals surface area (Å²) in [6, 6.07) is 0. The third-order valence-corrected chi connectivity index (χ3v) is 3.57. The Morgan fingerprint density at radius 2 is 2.00 bits per heavy atom. The number of halogens is 1. The molecule has 1 heterocycles. The number of ether oxygens (including phenoxy) is 3. The molecule has 1 saturated carbocycles. The van der Waals surface area contributed by atoms with Crippen LogP contribution in [0.1, 0.15) is 25.7 Å². The van der Waals surface area contributed by atoms with Gasteiger partial charge in [0.1, 0.15) is 6.10 Å². The SMILES string of the molecule is ClCC(COCC1CCCC1)OCC1CO1. The van der Waals surface area contributed by atoms with Gasteiger partial charge in [-0.05, 0) is 18.8 Å². The van der Waals surface area contributed by atoms with E-state index in [0.717, 1.165) is 19.1 Å². The zero-order valence-electron chi connectivity index (χ0n) is 9.70. The van der Waals surface area contributed by atoms with E-state index in [4.69, 9.17) is 25.8 Å². The van der Waals surface area contributed by atoms with Crippen LogP contribution in [-0.2, 0) is 14.2 Å². The highest BCUT2D eigenvalue weighted by molar-refractivity contribution is 6.18. The van der Waals surface area contributed by atoms with Crippen LogP contribution in [0.25, 0.3) is 0 Å². The van der Waals surface area contributed by atoms with Gasteiger partial charge in [0.05, 0.1) is 31.8 Å². The van der Waals surface area contributed by atoms with Crippen molar-refractivity contribution in [3.63, 3.8) is 0 Å². The van der Waals surface area contributed by atoms with Gasteiger partial charge in [-0.25, -0.2) is 0 Å². The van der Waals surface area contributed by atoms with Crippen molar-refractivity contribution in [2.45, 2.75) is 37.9 Å². The number of hydrogen-bond acceptors (Lipinski definition) is 3. The van der Waals surface area contributed by atoms with Gasteiger partial charge < -0.3 is 14.2 Å². The largest absolute Gasteiger partial charge is 0.378 e. The number of alkyl halides is 1. The molecule has 0 N–H and O–H groups in total. The molecule has 2 aliphatic rings. The molecule has 0 radical (unpaired) electrons. The van der Waals surface area contributed by atoms with Crippen LogP contribution in [-0.4, -0.2) is 44.5 Å². The first-order valence-corrected chi connectivity index (χ1v) is 6.79. The number of epoxide rings is 1. The minimum Gasteiger partial charge on any atom is -0.378 e. The smallest absolute Gasteiger partial charge is 0.104 e. The lowest BCUT2D eigenvalue weighted by Crippen LogP contribution is -2.25. The highest BCUT2D eigenvalue weighted by Gasteiger charge is 2.24. The molecule has 1 saturated heterocycles. The summed E-state index contributed by atoms with van der Waals surface area (Å²) >= 11 is 5.82. The summed E-state index contributed by atoms with van der Waals surface area (Å²) in [5.41, 5.74) is 0. The van der Waals surface area contributed by atoms with Crippen molar-refractivity contribution in [3.8, 4) is 0 Å². The molecule has 2 fully saturated rings. The van der Waals surface area contributed by atoms with Gasteiger partial charge in [0, 0.05) is 6.61 Å². The molecule has 2 rings (SSSR count). The molecule has 94 valence electrons. The van der Waals surface area contributed by atoms with Crippen molar-refractivity contribution in [2.24, 2.45) is 5.92 Å². The van der Waals surface area contributed by atoms with E-state index in [-0.39, 0.29) is 6.10 Å². The van der Waals surface area contributed by atoms with Crippen LogP contribution in [0.5, 0.6) is 0 Å². The van der Waals surface area contributed by atoms with Gasteiger partial charge in [-0.15, -0.1) is 11.6 Å². The summed E-state index contributed by atoms with van der Waals surface area (Å²) < 4.78 is 16.4. The monoisotopic (exact) mass is 248 g/mol. The van der Waals surface area contributed by atoms with Crippen LogP contribution in [0.2, 0.25) is 0 Å². The maximum atomic E-state index is 5.82. The number of hydrogen-bond donors (Lipinski definition) is 0. The van der Waals surface area contributed by atoms with Crippen LogP contribution in [0.15, 0.2) is 0 Å². The molecule has 16 heavy (non-hydrogen) atoms. The summed E-state index contributed by atoms with van der Waals surface area (Å²) in [6.07, 6.45) is 5.70. The van der Waals surface area contributed by atoms with Crippen LogP contribution in [0.3, 0.4) is 0 Å². The lowest BCUT2D eigenvalue weighted by molar-refractivity contribution is -0.0177. The van der Waals surface area contributed by atoms with E-state index < -0.39 is 0 Å². The Kier molecular flexibility index (Phi) is 5.36. The Morgan fingerprint density at radius 3 is 2.62 bits per heavy atom. The summed E-state index contributed by atoms with van der Waals surface area (Å²) in [7, 11) is 0. The average molecular weight is 249 g/mol. The van der Waals surface area contributed by atoms with Gasteiger partial charge in [0.15, 0.2) is 0 Å². The van der Waals surface area contributed by atoms with E-state index >= 15 is 0 Å². The van der Waals surface area contributed by atoms with E-state index in [1.54, 1.807) is 0 Å². The van der Waals surface area contributed by atoms with E-state index in [0.29, 0.717) is 25.2 Å². The van der Waals surface area contributed by atoms with Crippen molar-refractivity contribution >= 4 is 11.6 Å². The fourth-order valence-corrected chi connectivity index (χ4v) is 2.27. The summed E-state index contributed by atoms with van der Waals surface area (Å²) in [4.78, 5) is 0. The van der Waals surface area contributed by atoms with E-state index in [1.807, 2.05) is 0 Å². The fourth-order valence-electron chi connectivity index (χ4n) is 2.09. The normalized spacial score (nSPS) is 27.2. The predicted octanol–water partition coefficient (Wildman–Crippen LogP) is 2.22. The van der Waals surface area contributed by atoms with Gasteiger partial charge in [-0.3, -0.25) is 0 Å². The maximum Gasteiger partial charge on any atom is 0.104 e. The highest BCUT2D eigenvalue weighted by atomic mass is 35.5. The molecule has 0 aromatic heterocycles. The summed E-state index contributed by atoms with van der Waals surface area (Å²) in [5.74, 6) is 1.26. The van der Waals surface area contributed by atoms with Gasteiger partial charge in [-0.1, -0.05) is 12.8 Å². The molecule has 2 unspecified atom stereocenters. The first kappa shape index (κ1) is 12.6. The first-order valence-electron chi connectivity index (χ1n) is 6.25. The fraction of sp³-hybridized carbons (Fsp3) is 1.00. The van der Waals surface area contributed by atoms with E-state index in [9.17, 15) is 0 Å². The molecule has 1 aliphatic carbocycles. The second-order valence-corrected chi connectivity index (χ2v) is 5.06. The van der Waals surface area contributed by atoms with Crippen molar-refractivity contribution < 1.29 is 14.2 Å². The minimum absolute atomic E-state index is 0.0206. The minimum atomic E-state index is 0.0206. The number of rotatable bonds is 8. The lowest BCUT2D eigenvalue weighted by Gasteiger charge is -2.16. The van der Waals surface area contributed by atoms with Crippen molar-refractivity contribution in [2.75, 3.05) is 32.3 Å². The van der Waals surface area contributed by atoms with Gasteiger partial charge in [0.2, 0.25) is 0 Å². The molecule has 1 aliphatic heterocycles. The average Bonchev–Trinajstić information content (AvgIpc) is 2.99. The zero-order valence-corrected chi connectivity index (χ0v) is 10.5. The molecule has 0 spiro atoms. The Balaban J connectivity index is 1.51. The maximum absolute atomic E-state index is 5.82. The first-order chi connectivity index (χ1) is 7.88. The van der Waals surface area contributed by atoms with Gasteiger partial charge in [-0.2, -0.15) is 0 Å². The molecule has 0 bridgehead atoms. The third kappa shape index (κ3) is 4.58. The topological polar surface area (TPSA) is 31.0 Å². The standard InChI is InChI=1S/C12H21ClO3/c13-5-11(15-8-12-9-16-12)7-14-6-10-3-1-2-4-10/h10-12H,1-9H2. The quantitative estimate of drug-likeness (QED) is 0.488. The third-order valence-electron chi connectivity index (χ3n) is 3.22. The molecule has 0 aromatic rings. The van der Waals surface area contributed by atoms with Gasteiger partial charge in [0.25, 0.3) is 0 Å². The van der Waals surface area contributed by atoms with E-state index in [1.165, 1.54) is 25.7 Å². The second-order valence-electron chi connectivity index (χ2n) is 4.75. The Hall–Kier alpha value is 0.170. The van der Waals surface area contributed by atoms with Crippen molar-refractivity contribution in [1.82, 2.24) is 0 Å². The summed E-state index contributed by atoms with van der Waals surface area (Å²) in [6.45, 7) is 2.98. The highest BCUT2D eigenvalue weighted by Crippen LogP contribution is 2.24. The Labute approximate surface area is 102 Å². The molecule has 4 heteroatoms. The van der Waals surface area contributed by atoms with Crippen LogP contribution in [0, 0.1) is 5.92 Å². The van der Waals surface area contributed by atoms with Crippen molar-refractivity contribution in [3.05, 3.63) is 0 Å². The Morgan fingerprint density at radius 1 is 1.25 bits per heavy atom. The second kappa shape index (κ2) is 6.80. The lowest BCUT2D eigenvalue weighted by atomic mass is 10.1. The summed E-state index contributed by atoms with van der Waals surface area (Å²) in [5, 5.41) is 0. The van der Waals surface area contributed by atoms with Crippen LogP contribution in [0.4, 0.5) is 0 Å². The molecule has 3 nitrogen and oxygen atoms in total. The van der Waals surface area contributed by atoms with Crippen molar-refractivity contribution in [1.29, 1.82) is 0 Å². The van der Waals surface area contributed by atoms with E-state index in [2.05, 4.69) is 0 Å². The predicted molar refractivity (Wildman–Crippen MR) is 63.0 cm³/mol. The molecule has 0 aromatic carbocycles. The van der Waals surface area contributed by atoms with Crippen LogP contribution < -0.4 is 0 Å².